The summed E-state index contributed by atoms with van der Waals surface area (Å²) in [4.78, 5) is 42.2. The number of carbonyl (C=O) groups excluding carboxylic acids is 3. The van der Waals surface area contributed by atoms with E-state index in [9.17, 15) is 14.4 Å². The highest BCUT2D eigenvalue weighted by molar-refractivity contribution is 6.30. The van der Waals surface area contributed by atoms with Crippen LogP contribution in [0.4, 0.5) is 0 Å². The average molecular weight is 374 g/mol. The predicted octanol–water partition coefficient (Wildman–Crippen LogP) is 3.50. The topological polar surface area (TPSA) is 72.9 Å². The van der Waals surface area contributed by atoms with Gasteiger partial charge in [0.15, 0.2) is 6.10 Å². The standard InChI is InChI=1S/C19H16ClNO5/c1-11(2)16(25-13-7-5-6-12(20)10-13)19(24)26-21-17(22)14-8-3-4-9-15(14)18(21)23/h3-11,16H,1-2H3. The molecule has 1 atom stereocenters. The maximum Gasteiger partial charge on any atom is 0.373 e. The maximum absolute atomic E-state index is 12.5. The fourth-order valence-corrected chi connectivity index (χ4v) is 2.72. The van der Waals surface area contributed by atoms with E-state index in [1.807, 2.05) is 0 Å². The molecule has 0 fully saturated rings. The van der Waals surface area contributed by atoms with Gasteiger partial charge in [0.2, 0.25) is 0 Å². The van der Waals surface area contributed by atoms with Crippen LogP contribution in [0.5, 0.6) is 5.75 Å². The Hall–Kier alpha value is -2.86. The second kappa shape index (κ2) is 7.17. The minimum absolute atomic E-state index is 0.196. The molecule has 2 aromatic rings. The van der Waals surface area contributed by atoms with Gasteiger partial charge in [-0.15, -0.1) is 0 Å². The van der Waals surface area contributed by atoms with Crippen molar-refractivity contribution in [1.82, 2.24) is 5.06 Å². The zero-order chi connectivity index (χ0) is 18.8. The first-order valence-electron chi connectivity index (χ1n) is 8.00. The minimum atomic E-state index is -1.02. The van der Waals surface area contributed by atoms with Gasteiger partial charge in [-0.25, -0.2) is 4.79 Å². The summed E-state index contributed by atoms with van der Waals surface area (Å²) in [5.74, 6) is -2.07. The predicted molar refractivity (Wildman–Crippen MR) is 93.7 cm³/mol. The molecule has 0 radical (unpaired) electrons. The summed E-state index contributed by atoms with van der Waals surface area (Å²) in [6, 6.07) is 12.9. The molecule has 134 valence electrons. The number of hydroxylamine groups is 2. The first-order valence-corrected chi connectivity index (χ1v) is 8.38. The van der Waals surface area contributed by atoms with Crippen molar-refractivity contribution in [2.24, 2.45) is 5.92 Å². The van der Waals surface area contributed by atoms with E-state index in [1.165, 1.54) is 12.1 Å². The lowest BCUT2D eigenvalue weighted by Gasteiger charge is -2.22. The lowest BCUT2D eigenvalue weighted by Crippen LogP contribution is -2.41. The average Bonchev–Trinajstić information content (AvgIpc) is 2.85. The third-order valence-electron chi connectivity index (χ3n) is 3.83. The molecule has 2 aromatic carbocycles. The Labute approximate surface area is 155 Å². The normalized spacial score (nSPS) is 14.4. The SMILES string of the molecule is CC(C)C(Oc1cccc(Cl)c1)C(=O)ON1C(=O)c2ccccc2C1=O. The van der Waals surface area contributed by atoms with E-state index in [1.54, 1.807) is 50.2 Å². The number of carbonyl (C=O) groups is 3. The van der Waals surface area contributed by atoms with E-state index < -0.39 is 23.9 Å². The van der Waals surface area contributed by atoms with Gasteiger partial charge in [-0.3, -0.25) is 9.59 Å². The summed E-state index contributed by atoms with van der Waals surface area (Å²) in [5, 5.41) is 0.933. The molecular weight excluding hydrogens is 358 g/mol. The number of benzene rings is 2. The Balaban J connectivity index is 1.77. The fourth-order valence-electron chi connectivity index (χ4n) is 2.54. The number of imide groups is 1. The smallest absolute Gasteiger partial charge is 0.373 e. The summed E-state index contributed by atoms with van der Waals surface area (Å²) in [6.07, 6.45) is -1.02. The van der Waals surface area contributed by atoms with Crippen LogP contribution in [0.15, 0.2) is 48.5 Å². The Kier molecular flexibility index (Phi) is 4.95. The lowest BCUT2D eigenvalue weighted by atomic mass is 10.1. The first-order chi connectivity index (χ1) is 12.4. The Morgan fingerprint density at radius 3 is 2.15 bits per heavy atom. The summed E-state index contributed by atoms with van der Waals surface area (Å²) < 4.78 is 5.67. The number of hydrogen-bond acceptors (Lipinski definition) is 5. The summed E-state index contributed by atoms with van der Waals surface area (Å²) >= 11 is 5.92. The van der Waals surface area contributed by atoms with Crippen molar-refractivity contribution in [2.45, 2.75) is 20.0 Å². The van der Waals surface area contributed by atoms with Crippen molar-refractivity contribution in [3.63, 3.8) is 0 Å². The van der Waals surface area contributed by atoms with Gasteiger partial charge in [-0.05, 0) is 30.3 Å². The number of rotatable bonds is 5. The molecule has 1 unspecified atom stereocenters. The molecule has 1 aliphatic heterocycles. The Morgan fingerprint density at radius 2 is 1.62 bits per heavy atom. The van der Waals surface area contributed by atoms with Crippen molar-refractivity contribution in [3.05, 3.63) is 64.7 Å². The number of nitrogens with zero attached hydrogens (tertiary/aromatic N) is 1. The van der Waals surface area contributed by atoms with Crippen molar-refractivity contribution in [3.8, 4) is 5.75 Å². The Morgan fingerprint density at radius 1 is 1.00 bits per heavy atom. The van der Waals surface area contributed by atoms with Gasteiger partial charge in [-0.1, -0.05) is 48.7 Å². The molecule has 0 spiro atoms. The van der Waals surface area contributed by atoms with Crippen LogP contribution < -0.4 is 4.74 Å². The zero-order valence-electron chi connectivity index (χ0n) is 14.1. The van der Waals surface area contributed by atoms with Crippen molar-refractivity contribution >= 4 is 29.4 Å². The van der Waals surface area contributed by atoms with Gasteiger partial charge in [0, 0.05) is 10.9 Å². The lowest BCUT2D eigenvalue weighted by molar-refractivity contribution is -0.179. The number of ether oxygens (including phenoxy) is 1. The fraction of sp³-hybridized carbons (Fsp3) is 0.211. The first kappa shape index (κ1) is 17.9. The number of fused-ring (bicyclic) bond motifs is 1. The van der Waals surface area contributed by atoms with Crippen LogP contribution in [-0.4, -0.2) is 29.0 Å². The monoisotopic (exact) mass is 373 g/mol. The molecule has 7 heteroatoms. The van der Waals surface area contributed by atoms with Crippen LogP contribution in [0.25, 0.3) is 0 Å². The number of halogens is 1. The summed E-state index contributed by atoms with van der Waals surface area (Å²) in [7, 11) is 0. The van der Waals surface area contributed by atoms with Gasteiger partial charge in [-0.2, -0.15) is 0 Å². The third kappa shape index (κ3) is 3.41. The third-order valence-corrected chi connectivity index (χ3v) is 4.07. The van der Waals surface area contributed by atoms with Gasteiger partial charge >= 0.3 is 5.97 Å². The highest BCUT2D eigenvalue weighted by atomic mass is 35.5. The van der Waals surface area contributed by atoms with Crippen molar-refractivity contribution < 1.29 is 24.0 Å². The van der Waals surface area contributed by atoms with Crippen molar-refractivity contribution in [1.29, 1.82) is 0 Å². The van der Waals surface area contributed by atoms with Gasteiger partial charge < -0.3 is 9.57 Å². The molecule has 26 heavy (non-hydrogen) atoms. The van der Waals surface area contributed by atoms with Crippen LogP contribution in [0.2, 0.25) is 5.02 Å². The largest absolute Gasteiger partial charge is 0.478 e. The van der Waals surface area contributed by atoms with Crippen LogP contribution >= 0.6 is 11.6 Å². The second-order valence-electron chi connectivity index (χ2n) is 6.10. The van der Waals surface area contributed by atoms with Gasteiger partial charge in [0.1, 0.15) is 5.75 Å². The molecule has 1 aliphatic rings. The van der Waals surface area contributed by atoms with E-state index in [4.69, 9.17) is 21.2 Å². The Bertz CT molecular complexity index is 845. The molecule has 0 aromatic heterocycles. The van der Waals surface area contributed by atoms with E-state index in [2.05, 4.69) is 0 Å². The molecule has 2 amide bonds. The van der Waals surface area contributed by atoms with Crippen LogP contribution in [0, 0.1) is 5.92 Å². The number of amides is 2. The second-order valence-corrected chi connectivity index (χ2v) is 6.54. The highest BCUT2D eigenvalue weighted by Gasteiger charge is 2.40. The van der Waals surface area contributed by atoms with Gasteiger partial charge in [0.25, 0.3) is 11.8 Å². The summed E-state index contributed by atoms with van der Waals surface area (Å²) in [5.41, 5.74) is 0.393. The summed E-state index contributed by atoms with van der Waals surface area (Å²) in [6.45, 7) is 3.53. The van der Waals surface area contributed by atoms with Crippen LogP contribution in [0.1, 0.15) is 34.6 Å². The molecule has 6 nitrogen and oxygen atoms in total. The molecule has 0 saturated carbocycles. The van der Waals surface area contributed by atoms with E-state index >= 15 is 0 Å². The van der Waals surface area contributed by atoms with E-state index in [0.29, 0.717) is 15.8 Å². The van der Waals surface area contributed by atoms with Crippen LogP contribution in [0.3, 0.4) is 0 Å². The molecule has 0 aliphatic carbocycles. The minimum Gasteiger partial charge on any atom is -0.478 e. The van der Waals surface area contributed by atoms with Crippen LogP contribution in [-0.2, 0) is 9.63 Å². The highest BCUT2D eigenvalue weighted by Crippen LogP contribution is 2.25. The molecule has 0 saturated heterocycles. The van der Waals surface area contributed by atoms with Gasteiger partial charge in [0.05, 0.1) is 11.1 Å². The molecular formula is C19H16ClNO5. The number of hydrogen-bond donors (Lipinski definition) is 0. The quantitative estimate of drug-likeness (QED) is 0.750. The zero-order valence-corrected chi connectivity index (χ0v) is 14.9. The molecule has 0 bridgehead atoms. The van der Waals surface area contributed by atoms with Crippen molar-refractivity contribution in [2.75, 3.05) is 0 Å². The molecule has 0 N–H and O–H groups in total. The van der Waals surface area contributed by atoms with E-state index in [-0.39, 0.29) is 17.0 Å². The molecule has 3 rings (SSSR count). The molecule has 1 heterocycles. The van der Waals surface area contributed by atoms with E-state index in [0.717, 1.165) is 0 Å². The maximum atomic E-state index is 12.5.